The molecule has 0 unspecified atom stereocenters. The van der Waals surface area contributed by atoms with E-state index in [1.165, 1.54) is 0 Å². The van der Waals surface area contributed by atoms with Crippen molar-refractivity contribution >= 4 is 11.6 Å². The number of nitrogen functional groups attached to an aromatic ring is 1. The van der Waals surface area contributed by atoms with Crippen LogP contribution >= 0.6 is 0 Å². The van der Waals surface area contributed by atoms with Crippen molar-refractivity contribution in [3.05, 3.63) is 35.9 Å². The zero-order valence-corrected chi connectivity index (χ0v) is 11.8. The number of nitrogens with one attached hydrogen (secondary N) is 1. The molecule has 1 aromatic carbocycles. The maximum atomic E-state index is 9.43. The van der Waals surface area contributed by atoms with E-state index in [1.54, 1.807) is 4.68 Å². The Morgan fingerprint density at radius 1 is 1.19 bits per heavy atom. The molecular formula is C15H18N6. The quantitative estimate of drug-likeness (QED) is 0.862. The first-order chi connectivity index (χ1) is 10.3. The molecule has 0 saturated carbocycles. The van der Waals surface area contributed by atoms with Gasteiger partial charge in [-0.05, 0) is 25.1 Å². The number of nitrogens with two attached hydrogens (primary N) is 1. The maximum absolute atomic E-state index is 9.43. The fourth-order valence-corrected chi connectivity index (χ4v) is 2.57. The van der Waals surface area contributed by atoms with E-state index in [-0.39, 0.29) is 0 Å². The summed E-state index contributed by atoms with van der Waals surface area (Å²) in [5.41, 5.74) is 7.45. The summed E-state index contributed by atoms with van der Waals surface area (Å²) in [7, 11) is 0. The highest BCUT2D eigenvalue weighted by Gasteiger charge is 2.22. The Morgan fingerprint density at radius 3 is 2.76 bits per heavy atom. The Morgan fingerprint density at radius 2 is 2.00 bits per heavy atom. The van der Waals surface area contributed by atoms with Crippen LogP contribution in [-0.2, 0) is 0 Å². The van der Waals surface area contributed by atoms with Crippen LogP contribution in [0.5, 0.6) is 0 Å². The second-order valence-electron chi connectivity index (χ2n) is 5.03. The Bertz CT molecular complexity index is 647. The summed E-state index contributed by atoms with van der Waals surface area (Å²) in [4.78, 5) is 2.13. The number of anilines is 2. The van der Waals surface area contributed by atoms with Crippen LogP contribution in [0.15, 0.2) is 30.3 Å². The molecule has 0 amide bonds. The summed E-state index contributed by atoms with van der Waals surface area (Å²) in [6.07, 6.45) is 1.03. The van der Waals surface area contributed by atoms with E-state index in [1.807, 2.05) is 30.3 Å². The molecule has 0 atom stereocenters. The summed E-state index contributed by atoms with van der Waals surface area (Å²) in [5, 5.41) is 17.4. The van der Waals surface area contributed by atoms with Gasteiger partial charge < -0.3 is 16.0 Å². The first kappa shape index (κ1) is 13.5. The lowest BCUT2D eigenvalue weighted by Gasteiger charge is -2.19. The van der Waals surface area contributed by atoms with Gasteiger partial charge in [0.1, 0.15) is 17.5 Å². The van der Waals surface area contributed by atoms with E-state index < -0.39 is 0 Å². The van der Waals surface area contributed by atoms with Gasteiger partial charge in [0.2, 0.25) is 0 Å². The van der Waals surface area contributed by atoms with Crippen molar-refractivity contribution in [3.8, 4) is 11.8 Å². The Hall–Kier alpha value is -2.52. The van der Waals surface area contributed by atoms with Gasteiger partial charge in [-0.1, -0.05) is 18.2 Å². The standard InChI is InChI=1S/C15H18N6/c16-11-13-14(17)21(12-5-2-1-3-6-12)19-15(13)20-9-4-7-18-8-10-20/h1-3,5-6,18H,4,7-10,17H2. The van der Waals surface area contributed by atoms with E-state index in [0.29, 0.717) is 17.2 Å². The van der Waals surface area contributed by atoms with E-state index >= 15 is 0 Å². The number of benzene rings is 1. The van der Waals surface area contributed by atoms with Crippen molar-refractivity contribution in [2.75, 3.05) is 36.8 Å². The molecule has 2 heterocycles. The highest BCUT2D eigenvalue weighted by atomic mass is 15.4. The highest BCUT2D eigenvalue weighted by molar-refractivity contribution is 5.67. The zero-order chi connectivity index (χ0) is 14.7. The third-order valence-electron chi connectivity index (χ3n) is 3.65. The van der Waals surface area contributed by atoms with Crippen molar-refractivity contribution in [3.63, 3.8) is 0 Å². The Balaban J connectivity index is 2.03. The summed E-state index contributed by atoms with van der Waals surface area (Å²) in [6, 6.07) is 11.9. The molecule has 1 aliphatic rings. The van der Waals surface area contributed by atoms with E-state index in [2.05, 4.69) is 21.4 Å². The van der Waals surface area contributed by atoms with Crippen LogP contribution in [0.4, 0.5) is 11.6 Å². The second-order valence-corrected chi connectivity index (χ2v) is 5.03. The van der Waals surface area contributed by atoms with E-state index in [0.717, 1.165) is 38.3 Å². The molecule has 0 spiro atoms. The van der Waals surface area contributed by atoms with Gasteiger partial charge in [0, 0.05) is 19.6 Å². The molecule has 3 N–H and O–H groups in total. The van der Waals surface area contributed by atoms with Crippen LogP contribution in [0.2, 0.25) is 0 Å². The summed E-state index contributed by atoms with van der Waals surface area (Å²) >= 11 is 0. The summed E-state index contributed by atoms with van der Waals surface area (Å²) in [6.45, 7) is 3.60. The lowest BCUT2D eigenvalue weighted by atomic mass is 10.3. The van der Waals surface area contributed by atoms with Gasteiger partial charge >= 0.3 is 0 Å². The minimum atomic E-state index is 0.399. The SMILES string of the molecule is N#Cc1c(N2CCCNCC2)nn(-c2ccccc2)c1N. The molecule has 6 heteroatoms. The molecule has 0 bridgehead atoms. The van der Waals surface area contributed by atoms with Crippen LogP contribution in [0.3, 0.4) is 0 Å². The molecule has 108 valence electrons. The first-order valence-corrected chi connectivity index (χ1v) is 7.11. The first-order valence-electron chi connectivity index (χ1n) is 7.11. The number of aromatic nitrogens is 2. The molecule has 1 aromatic heterocycles. The summed E-state index contributed by atoms with van der Waals surface area (Å²) < 4.78 is 1.65. The fraction of sp³-hybridized carbons (Fsp3) is 0.333. The average molecular weight is 282 g/mol. The normalized spacial score (nSPS) is 15.5. The van der Waals surface area contributed by atoms with Crippen molar-refractivity contribution in [1.82, 2.24) is 15.1 Å². The van der Waals surface area contributed by atoms with Crippen molar-refractivity contribution in [2.45, 2.75) is 6.42 Å². The zero-order valence-electron chi connectivity index (χ0n) is 11.8. The smallest absolute Gasteiger partial charge is 0.171 e. The van der Waals surface area contributed by atoms with Crippen molar-refractivity contribution in [1.29, 1.82) is 5.26 Å². The van der Waals surface area contributed by atoms with Gasteiger partial charge in [0.25, 0.3) is 0 Å². The molecule has 0 aliphatic carbocycles. The molecule has 21 heavy (non-hydrogen) atoms. The largest absolute Gasteiger partial charge is 0.382 e. The minimum Gasteiger partial charge on any atom is -0.382 e. The van der Waals surface area contributed by atoms with E-state index in [9.17, 15) is 5.26 Å². The topological polar surface area (TPSA) is 82.9 Å². The van der Waals surface area contributed by atoms with Gasteiger partial charge in [-0.3, -0.25) is 0 Å². The predicted molar refractivity (Wildman–Crippen MR) is 82.4 cm³/mol. The molecule has 0 radical (unpaired) electrons. The van der Waals surface area contributed by atoms with Gasteiger partial charge in [-0.15, -0.1) is 5.10 Å². The van der Waals surface area contributed by atoms with Crippen molar-refractivity contribution < 1.29 is 0 Å². The van der Waals surface area contributed by atoms with E-state index in [4.69, 9.17) is 5.73 Å². The van der Waals surface area contributed by atoms with Gasteiger partial charge in [-0.25, -0.2) is 4.68 Å². The predicted octanol–water partition coefficient (Wildman–Crippen LogP) is 1.13. The minimum absolute atomic E-state index is 0.399. The number of para-hydroxylation sites is 1. The average Bonchev–Trinajstić information content (AvgIpc) is 2.70. The fourth-order valence-electron chi connectivity index (χ4n) is 2.57. The number of hydrogen-bond donors (Lipinski definition) is 2. The Labute approximate surface area is 123 Å². The van der Waals surface area contributed by atoms with Gasteiger partial charge in [-0.2, -0.15) is 5.26 Å². The third-order valence-corrected chi connectivity index (χ3v) is 3.65. The molecule has 6 nitrogen and oxygen atoms in total. The van der Waals surface area contributed by atoms with Crippen LogP contribution in [-0.4, -0.2) is 36.0 Å². The second kappa shape index (κ2) is 5.85. The number of hydrogen-bond acceptors (Lipinski definition) is 5. The molecule has 3 rings (SSSR count). The van der Waals surface area contributed by atoms with Crippen LogP contribution in [0.25, 0.3) is 5.69 Å². The van der Waals surface area contributed by atoms with Gasteiger partial charge in [0.15, 0.2) is 5.82 Å². The lowest BCUT2D eigenvalue weighted by molar-refractivity contribution is 0.724. The monoisotopic (exact) mass is 282 g/mol. The number of nitrogens with zero attached hydrogens (tertiary/aromatic N) is 4. The number of rotatable bonds is 2. The van der Waals surface area contributed by atoms with Crippen molar-refractivity contribution in [2.24, 2.45) is 0 Å². The van der Waals surface area contributed by atoms with Crippen LogP contribution in [0, 0.1) is 11.3 Å². The maximum Gasteiger partial charge on any atom is 0.171 e. The molecule has 2 aromatic rings. The Kier molecular flexibility index (Phi) is 3.75. The molecule has 1 aliphatic heterocycles. The molecular weight excluding hydrogens is 264 g/mol. The highest BCUT2D eigenvalue weighted by Crippen LogP contribution is 2.27. The molecule has 1 fully saturated rings. The third kappa shape index (κ3) is 2.56. The molecule has 1 saturated heterocycles. The van der Waals surface area contributed by atoms with Crippen LogP contribution < -0.4 is 16.0 Å². The lowest BCUT2D eigenvalue weighted by Crippen LogP contribution is -2.28. The number of nitriles is 1. The van der Waals surface area contributed by atoms with Gasteiger partial charge in [0.05, 0.1) is 5.69 Å². The summed E-state index contributed by atoms with van der Waals surface area (Å²) in [5.74, 6) is 1.08. The van der Waals surface area contributed by atoms with Crippen LogP contribution in [0.1, 0.15) is 12.0 Å².